The van der Waals surface area contributed by atoms with Crippen molar-refractivity contribution in [3.8, 4) is 29.2 Å². The Hall–Kier alpha value is -4.05. The Labute approximate surface area is 181 Å². The van der Waals surface area contributed by atoms with Crippen LogP contribution in [0, 0.1) is 11.3 Å². The first-order valence-corrected chi connectivity index (χ1v) is 9.87. The van der Waals surface area contributed by atoms with Crippen LogP contribution in [0.5, 0.6) is 23.1 Å². The highest BCUT2D eigenvalue weighted by molar-refractivity contribution is 5.80. The fourth-order valence-electron chi connectivity index (χ4n) is 2.71. The summed E-state index contributed by atoms with van der Waals surface area (Å²) in [5.74, 6) is 2.11. The van der Waals surface area contributed by atoms with E-state index in [1.54, 1.807) is 49.5 Å². The van der Waals surface area contributed by atoms with Crippen LogP contribution < -0.4 is 19.5 Å². The quantitative estimate of drug-likeness (QED) is 0.560. The summed E-state index contributed by atoms with van der Waals surface area (Å²) in [5, 5.41) is 11.7. The number of hydrogen-bond acceptors (Lipinski definition) is 6. The summed E-state index contributed by atoms with van der Waals surface area (Å²) in [5.41, 5.74) is 1.38. The molecule has 0 aliphatic carbocycles. The maximum Gasteiger partial charge on any atom is 0.261 e. The topological polar surface area (TPSA) is 93.5 Å². The number of nitrogens with zero attached hydrogens (tertiary/aromatic N) is 2. The van der Waals surface area contributed by atoms with Crippen molar-refractivity contribution >= 4 is 5.91 Å². The average Bonchev–Trinajstić information content (AvgIpc) is 2.79. The molecule has 1 atom stereocenters. The Bertz CT molecular complexity index is 1040. The van der Waals surface area contributed by atoms with E-state index in [9.17, 15) is 4.79 Å². The Kier molecular flexibility index (Phi) is 7.44. The van der Waals surface area contributed by atoms with Gasteiger partial charge in [-0.15, -0.1) is 0 Å². The zero-order chi connectivity index (χ0) is 22.1. The standard InChI is InChI=1S/C24H23N3O4/c1-3-29-20-8-10-22(11-9-20)31-23-14-19(12-13-26-23)16-27-24(28)17(2)30-21-6-4-18(15-25)5-7-21/h4-14,17H,3,16H2,1-2H3,(H,27,28). The first kappa shape index (κ1) is 21.7. The summed E-state index contributed by atoms with van der Waals surface area (Å²) in [6.45, 7) is 4.51. The van der Waals surface area contributed by atoms with E-state index in [0.717, 1.165) is 11.3 Å². The maximum atomic E-state index is 12.4. The van der Waals surface area contributed by atoms with Gasteiger partial charge in [0.05, 0.1) is 18.2 Å². The largest absolute Gasteiger partial charge is 0.494 e. The van der Waals surface area contributed by atoms with Gasteiger partial charge in [0.1, 0.15) is 17.2 Å². The highest BCUT2D eigenvalue weighted by atomic mass is 16.5. The van der Waals surface area contributed by atoms with E-state index in [4.69, 9.17) is 19.5 Å². The van der Waals surface area contributed by atoms with E-state index in [1.165, 1.54) is 0 Å². The van der Waals surface area contributed by atoms with Gasteiger partial charge in [-0.25, -0.2) is 4.98 Å². The third kappa shape index (κ3) is 6.47. The Morgan fingerprint density at radius 2 is 1.74 bits per heavy atom. The van der Waals surface area contributed by atoms with Gasteiger partial charge in [0.15, 0.2) is 6.10 Å². The first-order chi connectivity index (χ1) is 15.1. The second-order valence-electron chi connectivity index (χ2n) is 6.62. The molecule has 1 N–H and O–H groups in total. The smallest absolute Gasteiger partial charge is 0.261 e. The number of aromatic nitrogens is 1. The second-order valence-corrected chi connectivity index (χ2v) is 6.62. The number of pyridine rings is 1. The number of benzene rings is 2. The van der Waals surface area contributed by atoms with Crippen molar-refractivity contribution in [1.82, 2.24) is 10.3 Å². The van der Waals surface area contributed by atoms with Crippen LogP contribution in [0.2, 0.25) is 0 Å². The zero-order valence-corrected chi connectivity index (χ0v) is 17.4. The highest BCUT2D eigenvalue weighted by Crippen LogP contribution is 2.23. The lowest BCUT2D eigenvalue weighted by atomic mass is 10.2. The number of ether oxygens (including phenoxy) is 3. The molecule has 1 heterocycles. The molecule has 0 aliphatic rings. The fourth-order valence-corrected chi connectivity index (χ4v) is 2.71. The Morgan fingerprint density at radius 1 is 1.06 bits per heavy atom. The van der Waals surface area contributed by atoms with Gasteiger partial charge in [0.2, 0.25) is 5.88 Å². The molecule has 0 fully saturated rings. The second kappa shape index (κ2) is 10.6. The number of nitriles is 1. The maximum absolute atomic E-state index is 12.4. The molecule has 0 saturated heterocycles. The van der Waals surface area contributed by atoms with Crippen molar-refractivity contribution in [2.45, 2.75) is 26.5 Å². The minimum absolute atomic E-state index is 0.254. The van der Waals surface area contributed by atoms with Gasteiger partial charge in [0.25, 0.3) is 5.91 Å². The molecule has 1 aromatic heterocycles. The van der Waals surface area contributed by atoms with Gasteiger partial charge in [-0.1, -0.05) is 0 Å². The van der Waals surface area contributed by atoms with Crippen LogP contribution >= 0.6 is 0 Å². The lowest BCUT2D eigenvalue weighted by Crippen LogP contribution is -2.35. The van der Waals surface area contributed by atoms with Crippen LogP contribution in [0.1, 0.15) is 25.0 Å². The average molecular weight is 417 g/mol. The molecule has 0 aliphatic heterocycles. The Balaban J connectivity index is 1.52. The zero-order valence-electron chi connectivity index (χ0n) is 17.4. The SMILES string of the molecule is CCOc1ccc(Oc2cc(CNC(=O)C(C)Oc3ccc(C#N)cc3)ccn2)cc1. The van der Waals surface area contributed by atoms with Gasteiger partial charge in [-0.3, -0.25) is 4.79 Å². The fraction of sp³-hybridized carbons (Fsp3) is 0.208. The predicted octanol–water partition coefficient (Wildman–Crippen LogP) is 4.23. The molecule has 1 unspecified atom stereocenters. The molecule has 3 rings (SSSR count). The van der Waals surface area contributed by atoms with Crippen molar-refractivity contribution in [2.24, 2.45) is 0 Å². The monoisotopic (exact) mass is 417 g/mol. The van der Waals surface area contributed by atoms with E-state index in [2.05, 4.69) is 10.3 Å². The van der Waals surface area contributed by atoms with Crippen LogP contribution in [-0.2, 0) is 11.3 Å². The van der Waals surface area contributed by atoms with Gasteiger partial charge in [-0.05, 0) is 74.0 Å². The summed E-state index contributed by atoms with van der Waals surface area (Å²) in [7, 11) is 0. The van der Waals surface area contributed by atoms with E-state index in [1.807, 2.05) is 37.3 Å². The third-order valence-corrected chi connectivity index (χ3v) is 4.29. The molecule has 0 saturated carbocycles. The van der Waals surface area contributed by atoms with Crippen LogP contribution in [0.3, 0.4) is 0 Å². The molecule has 3 aromatic rings. The van der Waals surface area contributed by atoms with Crippen LogP contribution in [0.25, 0.3) is 0 Å². The number of rotatable bonds is 9. The van der Waals surface area contributed by atoms with Gasteiger partial charge in [0, 0.05) is 18.8 Å². The minimum Gasteiger partial charge on any atom is -0.494 e. The minimum atomic E-state index is -0.686. The van der Waals surface area contributed by atoms with Crippen molar-refractivity contribution < 1.29 is 19.0 Å². The van der Waals surface area contributed by atoms with E-state index in [-0.39, 0.29) is 5.91 Å². The molecule has 7 nitrogen and oxygen atoms in total. The molecule has 0 bridgehead atoms. The summed E-state index contributed by atoms with van der Waals surface area (Å²) < 4.78 is 16.8. The lowest BCUT2D eigenvalue weighted by molar-refractivity contribution is -0.127. The number of nitrogens with one attached hydrogen (secondary N) is 1. The summed E-state index contributed by atoms with van der Waals surface area (Å²) in [6.07, 6.45) is 0.941. The van der Waals surface area contributed by atoms with Crippen LogP contribution in [-0.4, -0.2) is 23.6 Å². The molecule has 2 aromatic carbocycles. The molecule has 1 amide bonds. The third-order valence-electron chi connectivity index (χ3n) is 4.29. The van der Waals surface area contributed by atoms with Crippen LogP contribution in [0.15, 0.2) is 66.9 Å². The van der Waals surface area contributed by atoms with Gasteiger partial charge >= 0.3 is 0 Å². The van der Waals surface area contributed by atoms with Crippen molar-refractivity contribution in [3.63, 3.8) is 0 Å². The van der Waals surface area contributed by atoms with Crippen LogP contribution in [0.4, 0.5) is 0 Å². The molecule has 0 radical (unpaired) electrons. The number of carbonyl (C=O) groups is 1. The first-order valence-electron chi connectivity index (χ1n) is 9.87. The molecule has 158 valence electrons. The van der Waals surface area contributed by atoms with Crippen molar-refractivity contribution in [1.29, 1.82) is 5.26 Å². The van der Waals surface area contributed by atoms with Crippen molar-refractivity contribution in [2.75, 3.05) is 6.61 Å². The summed E-state index contributed by atoms with van der Waals surface area (Å²) in [6, 6.07) is 19.5. The summed E-state index contributed by atoms with van der Waals surface area (Å²) >= 11 is 0. The Morgan fingerprint density at radius 3 is 2.42 bits per heavy atom. The molecule has 31 heavy (non-hydrogen) atoms. The normalized spacial score (nSPS) is 11.1. The molecular formula is C24H23N3O4. The van der Waals surface area contributed by atoms with Gasteiger partial charge < -0.3 is 19.5 Å². The predicted molar refractivity (Wildman–Crippen MR) is 115 cm³/mol. The number of carbonyl (C=O) groups excluding carboxylic acids is 1. The van der Waals surface area contributed by atoms with E-state index >= 15 is 0 Å². The number of hydrogen-bond donors (Lipinski definition) is 1. The number of amides is 1. The van der Waals surface area contributed by atoms with E-state index in [0.29, 0.717) is 36.1 Å². The van der Waals surface area contributed by atoms with E-state index < -0.39 is 6.10 Å². The van der Waals surface area contributed by atoms with Crippen molar-refractivity contribution in [3.05, 3.63) is 78.0 Å². The highest BCUT2D eigenvalue weighted by Gasteiger charge is 2.14. The lowest BCUT2D eigenvalue weighted by Gasteiger charge is -2.15. The summed E-state index contributed by atoms with van der Waals surface area (Å²) in [4.78, 5) is 16.6. The molecule has 7 heteroatoms. The van der Waals surface area contributed by atoms with Gasteiger partial charge in [-0.2, -0.15) is 5.26 Å². The molecular weight excluding hydrogens is 394 g/mol. The molecule has 0 spiro atoms.